The van der Waals surface area contributed by atoms with Crippen LogP contribution in [-0.4, -0.2) is 49.7 Å². The number of thiocarbonyl (C=S) groups is 1. The highest BCUT2D eigenvalue weighted by molar-refractivity contribution is 7.80. The van der Waals surface area contributed by atoms with Crippen molar-refractivity contribution in [3.63, 3.8) is 0 Å². The third kappa shape index (κ3) is 4.69. The number of halogens is 2. The molecule has 1 aliphatic heterocycles. The maximum Gasteiger partial charge on any atom is 0.306 e. The van der Waals surface area contributed by atoms with E-state index < -0.39 is 5.97 Å². The van der Waals surface area contributed by atoms with Gasteiger partial charge in [-0.25, -0.2) is 4.68 Å². The second-order valence-corrected chi connectivity index (χ2v) is 8.27. The first-order valence-corrected chi connectivity index (χ1v) is 10.4. The van der Waals surface area contributed by atoms with E-state index in [1.165, 1.54) is 4.68 Å². The molecule has 30 heavy (non-hydrogen) atoms. The van der Waals surface area contributed by atoms with Crippen molar-refractivity contribution in [3.8, 4) is 5.69 Å². The van der Waals surface area contributed by atoms with Gasteiger partial charge >= 0.3 is 5.97 Å². The highest BCUT2D eigenvalue weighted by Gasteiger charge is 2.25. The average Bonchev–Trinajstić information content (AvgIpc) is 3.02. The maximum atomic E-state index is 12.9. The molecule has 1 aromatic carbocycles. The monoisotopic (exact) mass is 469 g/mol. The lowest BCUT2D eigenvalue weighted by Crippen LogP contribution is -2.44. The summed E-state index contributed by atoms with van der Waals surface area (Å²) in [7, 11) is 0. The summed E-state index contributed by atoms with van der Waals surface area (Å²) in [5.74, 6) is -1.11. The largest absolute Gasteiger partial charge is 0.481 e. The van der Waals surface area contributed by atoms with Gasteiger partial charge in [-0.2, -0.15) is 5.10 Å². The minimum Gasteiger partial charge on any atom is -0.481 e. The zero-order valence-electron chi connectivity index (χ0n) is 16.4. The molecule has 0 aliphatic carbocycles. The van der Waals surface area contributed by atoms with Gasteiger partial charge in [0.1, 0.15) is 0 Å². The lowest BCUT2D eigenvalue weighted by Gasteiger charge is -2.31. The fraction of sp³-hybridized carbons (Fsp3) is 0.368. The SMILES string of the molecule is CC(=NNC(=S)N1CCC(C(=O)O)CC1)c1c(C)[nH]n(-c2ccc(Cl)c(Cl)c2)c1=O. The summed E-state index contributed by atoms with van der Waals surface area (Å²) in [6.45, 7) is 4.58. The first-order chi connectivity index (χ1) is 14.2. The Kier molecular flexibility index (Phi) is 6.84. The van der Waals surface area contributed by atoms with E-state index in [1.54, 1.807) is 32.0 Å². The van der Waals surface area contributed by atoms with Gasteiger partial charge in [-0.3, -0.25) is 20.1 Å². The first-order valence-electron chi connectivity index (χ1n) is 9.28. The molecule has 0 saturated carbocycles. The average molecular weight is 470 g/mol. The van der Waals surface area contributed by atoms with Gasteiger partial charge in [-0.15, -0.1) is 0 Å². The standard InChI is InChI=1S/C19H21Cl2N5O3S/c1-10(22-23-19(30)25-7-5-12(6-8-25)18(28)29)16-11(2)24-26(17(16)27)13-3-4-14(20)15(21)9-13/h3-4,9,12,24H,5-8H2,1-2H3,(H,23,30)(H,28,29). The minimum atomic E-state index is -0.774. The molecular formula is C19H21Cl2N5O3S. The summed E-state index contributed by atoms with van der Waals surface area (Å²) in [6.07, 6.45) is 1.07. The second-order valence-electron chi connectivity index (χ2n) is 7.06. The number of aromatic amines is 1. The molecule has 1 fully saturated rings. The number of likely N-dealkylation sites (tertiary alicyclic amines) is 1. The summed E-state index contributed by atoms with van der Waals surface area (Å²) in [5, 5.41) is 17.5. The molecule has 0 amide bonds. The van der Waals surface area contributed by atoms with Crippen LogP contribution in [0.2, 0.25) is 10.0 Å². The van der Waals surface area contributed by atoms with Crippen molar-refractivity contribution < 1.29 is 9.90 Å². The van der Waals surface area contributed by atoms with Crippen LogP contribution < -0.4 is 11.0 Å². The van der Waals surface area contributed by atoms with E-state index in [-0.39, 0.29) is 11.5 Å². The number of carbonyl (C=O) groups is 1. The van der Waals surface area contributed by atoms with Crippen LogP contribution in [0.4, 0.5) is 0 Å². The highest BCUT2D eigenvalue weighted by Crippen LogP contribution is 2.24. The van der Waals surface area contributed by atoms with Crippen molar-refractivity contribution in [3.05, 3.63) is 49.9 Å². The number of hydrazone groups is 1. The molecule has 1 aliphatic rings. The first kappa shape index (κ1) is 22.3. The molecule has 0 radical (unpaired) electrons. The van der Waals surface area contributed by atoms with Crippen LogP contribution >= 0.6 is 35.4 Å². The van der Waals surface area contributed by atoms with Gasteiger partial charge in [0, 0.05) is 18.8 Å². The molecule has 3 N–H and O–H groups in total. The summed E-state index contributed by atoms with van der Waals surface area (Å²) in [5.41, 5.74) is 4.62. The molecule has 0 spiro atoms. The van der Waals surface area contributed by atoms with Crippen LogP contribution in [0, 0.1) is 12.8 Å². The van der Waals surface area contributed by atoms with Crippen LogP contribution in [0.5, 0.6) is 0 Å². The number of hydrogen-bond donors (Lipinski definition) is 3. The predicted octanol–water partition coefficient (Wildman–Crippen LogP) is 3.18. The van der Waals surface area contributed by atoms with E-state index in [0.717, 1.165) is 0 Å². The number of nitrogens with zero attached hydrogens (tertiary/aromatic N) is 3. The van der Waals surface area contributed by atoms with E-state index in [9.17, 15) is 9.59 Å². The normalized spacial score (nSPS) is 15.3. The Balaban J connectivity index is 1.74. The Labute approximate surface area is 188 Å². The fourth-order valence-electron chi connectivity index (χ4n) is 3.37. The molecule has 0 atom stereocenters. The maximum absolute atomic E-state index is 12.9. The predicted molar refractivity (Wildman–Crippen MR) is 121 cm³/mol. The molecule has 11 heteroatoms. The van der Waals surface area contributed by atoms with E-state index in [1.807, 2.05) is 4.90 Å². The number of piperidine rings is 1. The topological polar surface area (TPSA) is 103 Å². The molecule has 1 aromatic heterocycles. The van der Waals surface area contributed by atoms with Crippen molar-refractivity contribution in [2.75, 3.05) is 13.1 Å². The second kappa shape index (κ2) is 9.20. The summed E-state index contributed by atoms with van der Waals surface area (Å²) in [6, 6.07) is 4.91. The lowest BCUT2D eigenvalue weighted by atomic mass is 9.97. The quantitative estimate of drug-likeness (QED) is 0.361. The Bertz CT molecular complexity index is 1070. The molecule has 160 valence electrons. The Hall–Kier alpha value is -2.36. The molecule has 3 rings (SSSR count). The summed E-state index contributed by atoms with van der Waals surface area (Å²) >= 11 is 17.4. The molecule has 2 aromatic rings. The van der Waals surface area contributed by atoms with Gasteiger partial charge < -0.3 is 10.0 Å². The number of aryl methyl sites for hydroxylation is 1. The van der Waals surface area contributed by atoms with E-state index >= 15 is 0 Å². The van der Waals surface area contributed by atoms with Gasteiger partial charge in [0.15, 0.2) is 5.11 Å². The van der Waals surface area contributed by atoms with Crippen LogP contribution in [0.3, 0.4) is 0 Å². The third-order valence-electron chi connectivity index (χ3n) is 5.05. The van der Waals surface area contributed by atoms with Gasteiger partial charge in [0.25, 0.3) is 5.56 Å². The van der Waals surface area contributed by atoms with Gasteiger partial charge in [-0.05, 0) is 57.1 Å². The van der Waals surface area contributed by atoms with Crippen LogP contribution in [0.25, 0.3) is 5.69 Å². The number of carboxylic acids is 1. The van der Waals surface area contributed by atoms with Crippen molar-refractivity contribution in [1.29, 1.82) is 0 Å². The fourth-order valence-corrected chi connectivity index (χ4v) is 3.89. The molecule has 2 heterocycles. The van der Waals surface area contributed by atoms with E-state index in [0.29, 0.717) is 63.7 Å². The van der Waals surface area contributed by atoms with Crippen molar-refractivity contribution in [2.24, 2.45) is 11.0 Å². The summed E-state index contributed by atoms with van der Waals surface area (Å²) < 4.78 is 1.38. The molecule has 0 bridgehead atoms. The minimum absolute atomic E-state index is 0.276. The molecular weight excluding hydrogens is 449 g/mol. The third-order valence-corrected chi connectivity index (χ3v) is 6.13. The Morgan fingerprint density at radius 1 is 1.30 bits per heavy atom. The van der Waals surface area contributed by atoms with Crippen molar-refractivity contribution >= 4 is 52.2 Å². The number of rotatable bonds is 4. The van der Waals surface area contributed by atoms with Gasteiger partial charge in [-0.1, -0.05) is 23.2 Å². The number of aliphatic carboxylic acids is 1. The Morgan fingerprint density at radius 2 is 1.97 bits per heavy atom. The van der Waals surface area contributed by atoms with Crippen molar-refractivity contribution in [2.45, 2.75) is 26.7 Å². The van der Waals surface area contributed by atoms with Crippen molar-refractivity contribution in [1.82, 2.24) is 20.1 Å². The van der Waals surface area contributed by atoms with Crippen LogP contribution in [-0.2, 0) is 4.79 Å². The molecule has 8 nitrogen and oxygen atoms in total. The zero-order valence-corrected chi connectivity index (χ0v) is 18.7. The molecule has 1 saturated heterocycles. The zero-order chi connectivity index (χ0) is 22.0. The smallest absolute Gasteiger partial charge is 0.306 e. The lowest BCUT2D eigenvalue weighted by molar-refractivity contribution is -0.143. The van der Waals surface area contributed by atoms with Gasteiger partial charge in [0.05, 0.1) is 32.9 Å². The Morgan fingerprint density at radius 3 is 2.57 bits per heavy atom. The summed E-state index contributed by atoms with van der Waals surface area (Å²) in [4.78, 5) is 25.9. The number of H-pyrrole nitrogens is 1. The van der Waals surface area contributed by atoms with Crippen LogP contribution in [0.1, 0.15) is 31.0 Å². The van der Waals surface area contributed by atoms with E-state index in [2.05, 4.69) is 15.6 Å². The number of hydrogen-bond acceptors (Lipinski definition) is 4. The number of carboxylic acid groups (broad SMARTS) is 1. The van der Waals surface area contributed by atoms with E-state index in [4.69, 9.17) is 40.5 Å². The molecule has 0 unspecified atom stereocenters. The highest BCUT2D eigenvalue weighted by atomic mass is 35.5. The number of aromatic nitrogens is 2. The van der Waals surface area contributed by atoms with Gasteiger partial charge in [0.2, 0.25) is 0 Å². The van der Waals surface area contributed by atoms with Crippen LogP contribution in [0.15, 0.2) is 28.1 Å². The number of nitrogens with one attached hydrogen (secondary N) is 2. The number of benzene rings is 1.